The summed E-state index contributed by atoms with van der Waals surface area (Å²) >= 11 is 0. The van der Waals surface area contributed by atoms with E-state index in [4.69, 9.17) is 4.74 Å². The highest BCUT2D eigenvalue weighted by molar-refractivity contribution is 7.92. The van der Waals surface area contributed by atoms with E-state index in [0.717, 1.165) is 23.3 Å². The summed E-state index contributed by atoms with van der Waals surface area (Å²) < 4.78 is 31.6. The third-order valence-corrected chi connectivity index (χ3v) is 6.51. The van der Waals surface area contributed by atoms with Crippen molar-refractivity contribution in [2.45, 2.75) is 13.3 Å². The molecule has 1 aliphatic heterocycles. The molecule has 1 heterocycles. The van der Waals surface area contributed by atoms with Gasteiger partial charge < -0.3 is 14.5 Å². The predicted octanol–water partition coefficient (Wildman–Crippen LogP) is 2.37. The van der Waals surface area contributed by atoms with Gasteiger partial charge in [0.25, 0.3) is 0 Å². The van der Waals surface area contributed by atoms with Gasteiger partial charge in [0.05, 0.1) is 24.7 Å². The molecule has 8 heteroatoms. The summed E-state index contributed by atoms with van der Waals surface area (Å²) in [7, 11) is -1.94. The highest BCUT2D eigenvalue weighted by Crippen LogP contribution is 2.28. The Morgan fingerprint density at radius 1 is 1.03 bits per heavy atom. The topological polar surface area (TPSA) is 70.2 Å². The third kappa shape index (κ3) is 4.87. The molecule has 1 fully saturated rings. The molecule has 3 rings (SSSR count). The summed E-state index contributed by atoms with van der Waals surface area (Å²) in [5, 5.41) is 0. The zero-order chi connectivity index (χ0) is 21.7. The number of piperazine rings is 1. The molecule has 0 aliphatic carbocycles. The number of ether oxygens (including phenoxy) is 1. The Hall–Kier alpha value is -2.74. The molecule has 0 spiro atoms. The number of nitrogens with zero attached hydrogens (tertiary/aromatic N) is 3. The van der Waals surface area contributed by atoms with Crippen LogP contribution in [0.1, 0.15) is 12.5 Å². The lowest BCUT2D eigenvalue weighted by Gasteiger charge is -2.37. The average molecular weight is 432 g/mol. The molecule has 1 amide bonds. The lowest BCUT2D eigenvalue weighted by Crippen LogP contribution is -2.52. The second-order valence-corrected chi connectivity index (χ2v) is 9.20. The van der Waals surface area contributed by atoms with Gasteiger partial charge in [-0.2, -0.15) is 0 Å². The van der Waals surface area contributed by atoms with Crippen molar-refractivity contribution in [3.05, 3.63) is 54.1 Å². The van der Waals surface area contributed by atoms with E-state index < -0.39 is 10.0 Å². The van der Waals surface area contributed by atoms with Gasteiger partial charge in [-0.15, -0.1) is 0 Å². The minimum absolute atomic E-state index is 0.189. The predicted molar refractivity (Wildman–Crippen MR) is 120 cm³/mol. The smallest absolute Gasteiger partial charge is 0.243 e. The van der Waals surface area contributed by atoms with Crippen molar-refractivity contribution in [2.24, 2.45) is 0 Å². The van der Waals surface area contributed by atoms with Crippen molar-refractivity contribution in [1.29, 1.82) is 0 Å². The van der Waals surface area contributed by atoms with Crippen molar-refractivity contribution in [2.75, 3.05) is 55.3 Å². The van der Waals surface area contributed by atoms with Crippen LogP contribution in [0.4, 0.5) is 11.4 Å². The van der Waals surface area contributed by atoms with Crippen LogP contribution in [0.3, 0.4) is 0 Å². The molecule has 0 atom stereocenters. The van der Waals surface area contributed by atoms with E-state index in [-0.39, 0.29) is 12.5 Å². The second-order valence-electron chi connectivity index (χ2n) is 7.29. The van der Waals surface area contributed by atoms with E-state index in [2.05, 4.69) is 4.90 Å². The molecule has 30 heavy (non-hydrogen) atoms. The maximum Gasteiger partial charge on any atom is 0.243 e. The van der Waals surface area contributed by atoms with Crippen LogP contribution in [0, 0.1) is 0 Å². The van der Waals surface area contributed by atoms with Crippen molar-refractivity contribution in [3.8, 4) is 5.75 Å². The van der Waals surface area contributed by atoms with Gasteiger partial charge in [-0.1, -0.05) is 37.3 Å². The molecular formula is C22H29N3O4S. The number of amides is 1. The lowest BCUT2D eigenvalue weighted by molar-refractivity contribution is -0.129. The first kappa shape index (κ1) is 22.0. The number of benzene rings is 2. The Morgan fingerprint density at radius 2 is 1.67 bits per heavy atom. The second kappa shape index (κ2) is 9.38. The van der Waals surface area contributed by atoms with Gasteiger partial charge >= 0.3 is 0 Å². The van der Waals surface area contributed by atoms with Crippen LogP contribution in [0.2, 0.25) is 0 Å². The molecule has 0 saturated carbocycles. The van der Waals surface area contributed by atoms with E-state index in [1.165, 1.54) is 4.31 Å². The van der Waals surface area contributed by atoms with Gasteiger partial charge in [0.2, 0.25) is 15.9 Å². The fourth-order valence-electron chi connectivity index (χ4n) is 3.74. The van der Waals surface area contributed by atoms with Crippen molar-refractivity contribution < 1.29 is 17.9 Å². The largest absolute Gasteiger partial charge is 0.495 e. The number of hydrogen-bond acceptors (Lipinski definition) is 5. The Bertz CT molecular complexity index is 985. The van der Waals surface area contributed by atoms with Gasteiger partial charge in [-0.25, -0.2) is 8.42 Å². The molecule has 0 aromatic heterocycles. The number of para-hydroxylation sites is 3. The van der Waals surface area contributed by atoms with E-state index in [1.54, 1.807) is 24.1 Å². The highest BCUT2D eigenvalue weighted by Gasteiger charge is 2.28. The van der Waals surface area contributed by atoms with Gasteiger partial charge in [0, 0.05) is 26.2 Å². The summed E-state index contributed by atoms with van der Waals surface area (Å²) in [6.07, 6.45) is 1.83. The average Bonchev–Trinajstić information content (AvgIpc) is 2.76. The molecule has 2 aromatic carbocycles. The van der Waals surface area contributed by atoms with Gasteiger partial charge in [-0.3, -0.25) is 9.10 Å². The number of carbonyl (C=O) groups is 1. The van der Waals surface area contributed by atoms with Gasteiger partial charge in [0.1, 0.15) is 12.3 Å². The minimum atomic E-state index is -3.59. The first-order chi connectivity index (χ1) is 14.3. The number of anilines is 2. The monoisotopic (exact) mass is 431 g/mol. The van der Waals surface area contributed by atoms with Gasteiger partial charge in [-0.05, 0) is 30.2 Å². The normalized spacial score (nSPS) is 14.5. The first-order valence-electron chi connectivity index (χ1n) is 10.1. The van der Waals surface area contributed by atoms with Crippen molar-refractivity contribution in [3.63, 3.8) is 0 Å². The first-order valence-corrected chi connectivity index (χ1v) is 11.9. The third-order valence-electron chi connectivity index (χ3n) is 5.38. The quantitative estimate of drug-likeness (QED) is 0.673. The molecule has 0 N–H and O–H groups in total. The summed E-state index contributed by atoms with van der Waals surface area (Å²) in [6.45, 7) is 4.17. The number of carbonyl (C=O) groups excluding carboxylic acids is 1. The highest BCUT2D eigenvalue weighted by atomic mass is 32.2. The molecule has 162 valence electrons. The number of aryl methyl sites for hydroxylation is 1. The van der Waals surface area contributed by atoms with Gasteiger partial charge in [0.15, 0.2) is 0 Å². The van der Waals surface area contributed by atoms with Crippen LogP contribution in [0.15, 0.2) is 48.5 Å². The Balaban J connectivity index is 1.71. The van der Waals surface area contributed by atoms with Crippen LogP contribution in [0.25, 0.3) is 0 Å². The van der Waals surface area contributed by atoms with Crippen LogP contribution < -0.4 is 13.9 Å². The molecule has 2 aromatic rings. The summed E-state index contributed by atoms with van der Waals surface area (Å²) in [6, 6.07) is 15.1. The number of rotatable bonds is 7. The van der Waals surface area contributed by atoms with Crippen molar-refractivity contribution in [1.82, 2.24) is 4.90 Å². The summed E-state index contributed by atoms with van der Waals surface area (Å²) in [5.41, 5.74) is 2.47. The van der Waals surface area contributed by atoms with Crippen LogP contribution in [0.5, 0.6) is 5.75 Å². The van der Waals surface area contributed by atoms with Crippen molar-refractivity contribution >= 4 is 27.3 Å². The van der Waals surface area contributed by atoms with Crippen LogP contribution in [-0.4, -0.2) is 65.3 Å². The molecule has 1 aliphatic rings. The maximum atomic E-state index is 13.0. The van der Waals surface area contributed by atoms with E-state index in [1.807, 2.05) is 43.3 Å². The Labute approximate surface area is 178 Å². The maximum absolute atomic E-state index is 13.0. The molecule has 1 saturated heterocycles. The number of hydrogen-bond donors (Lipinski definition) is 0. The van der Waals surface area contributed by atoms with Crippen LogP contribution >= 0.6 is 0 Å². The Kier molecular flexibility index (Phi) is 6.87. The Morgan fingerprint density at radius 3 is 2.30 bits per heavy atom. The zero-order valence-corrected chi connectivity index (χ0v) is 18.6. The van der Waals surface area contributed by atoms with E-state index in [9.17, 15) is 13.2 Å². The number of sulfonamides is 1. The van der Waals surface area contributed by atoms with E-state index >= 15 is 0 Å². The molecule has 0 bridgehead atoms. The van der Waals surface area contributed by atoms with Crippen LogP contribution in [-0.2, 0) is 21.2 Å². The number of methoxy groups -OCH3 is 1. The molecular weight excluding hydrogens is 402 g/mol. The minimum Gasteiger partial charge on any atom is -0.495 e. The van der Waals surface area contributed by atoms with E-state index in [0.29, 0.717) is 38.3 Å². The fourth-order valence-corrected chi connectivity index (χ4v) is 4.63. The lowest BCUT2D eigenvalue weighted by atomic mass is 10.1. The summed E-state index contributed by atoms with van der Waals surface area (Å²) in [5.74, 6) is 0.614. The fraction of sp³-hybridized carbons (Fsp3) is 0.409. The zero-order valence-electron chi connectivity index (χ0n) is 17.7. The SMILES string of the molecule is CCc1ccccc1N(CC(=O)N1CCN(c2ccccc2OC)CC1)S(C)(=O)=O. The molecule has 0 unspecified atom stereocenters. The molecule has 0 radical (unpaired) electrons. The standard InChI is InChI=1S/C22H29N3O4S/c1-4-18-9-5-6-10-19(18)25(30(3,27)28)17-22(26)24-15-13-23(14-16-24)20-11-7-8-12-21(20)29-2/h5-12H,4,13-17H2,1-3H3. The summed E-state index contributed by atoms with van der Waals surface area (Å²) in [4.78, 5) is 16.9. The molecule has 7 nitrogen and oxygen atoms in total.